The van der Waals surface area contributed by atoms with Crippen molar-refractivity contribution in [2.45, 2.75) is 59.3 Å². The third kappa shape index (κ3) is 9.26. The third-order valence-corrected chi connectivity index (χ3v) is 4.66. The van der Waals surface area contributed by atoms with E-state index in [1.54, 1.807) is 0 Å². The second-order valence-electron chi connectivity index (χ2n) is 8.99. The number of anilines is 1. The van der Waals surface area contributed by atoms with Gasteiger partial charge in [-0.05, 0) is 62.9 Å². The molecule has 1 unspecified atom stereocenters. The van der Waals surface area contributed by atoms with Crippen LogP contribution in [0, 0.1) is 5.92 Å². The number of benzene rings is 2. The number of ether oxygens (including phenoxy) is 2. The Morgan fingerprint density at radius 1 is 1.00 bits per heavy atom. The molecule has 5 heteroatoms. The minimum atomic E-state index is -0.516. The normalized spacial score (nSPS) is 12.3. The van der Waals surface area contributed by atoms with Gasteiger partial charge in [0.15, 0.2) is 0 Å². The summed E-state index contributed by atoms with van der Waals surface area (Å²) >= 11 is 0. The lowest BCUT2D eigenvalue weighted by molar-refractivity contribution is 0.0636. The van der Waals surface area contributed by atoms with E-state index in [0.717, 1.165) is 24.3 Å². The van der Waals surface area contributed by atoms with Gasteiger partial charge in [-0.3, -0.25) is 5.32 Å². The molecule has 31 heavy (non-hydrogen) atoms. The number of carbonyl (C=O) groups is 1. The van der Waals surface area contributed by atoms with Gasteiger partial charge < -0.3 is 14.8 Å². The van der Waals surface area contributed by atoms with E-state index in [2.05, 4.69) is 31.1 Å². The van der Waals surface area contributed by atoms with Gasteiger partial charge in [0.1, 0.15) is 18.0 Å². The molecule has 0 saturated heterocycles. The fourth-order valence-corrected chi connectivity index (χ4v) is 3.11. The summed E-state index contributed by atoms with van der Waals surface area (Å²) < 4.78 is 11.2. The first kappa shape index (κ1) is 24.5. The van der Waals surface area contributed by atoms with Crippen molar-refractivity contribution >= 4 is 11.8 Å². The van der Waals surface area contributed by atoms with Crippen molar-refractivity contribution in [3.05, 3.63) is 78.1 Å². The maximum absolute atomic E-state index is 11.9. The SMILES string of the molecule is C=C(OCc1ccccc1)C(NCCc1ccc(NC(=O)OC(C)(C)C)cc1)C(C)C. The molecule has 0 aliphatic carbocycles. The molecule has 2 rings (SSSR count). The quantitative estimate of drug-likeness (QED) is 0.465. The molecule has 168 valence electrons. The zero-order valence-electron chi connectivity index (χ0n) is 19.4. The number of hydrogen-bond acceptors (Lipinski definition) is 4. The molecule has 0 heterocycles. The Kier molecular flexibility index (Phi) is 9.13. The summed E-state index contributed by atoms with van der Waals surface area (Å²) in [5.41, 5.74) is 2.51. The summed E-state index contributed by atoms with van der Waals surface area (Å²) in [5, 5.41) is 6.31. The van der Waals surface area contributed by atoms with Gasteiger partial charge in [0, 0.05) is 5.69 Å². The minimum Gasteiger partial charge on any atom is -0.492 e. The molecule has 0 aliphatic heterocycles. The Balaban J connectivity index is 1.80. The number of hydrogen-bond donors (Lipinski definition) is 2. The topological polar surface area (TPSA) is 59.6 Å². The average molecular weight is 425 g/mol. The Morgan fingerprint density at radius 2 is 1.65 bits per heavy atom. The van der Waals surface area contributed by atoms with E-state index < -0.39 is 11.7 Å². The maximum Gasteiger partial charge on any atom is 0.412 e. The number of nitrogens with one attached hydrogen (secondary N) is 2. The highest BCUT2D eigenvalue weighted by molar-refractivity contribution is 5.84. The first-order valence-corrected chi connectivity index (χ1v) is 10.8. The van der Waals surface area contributed by atoms with E-state index >= 15 is 0 Å². The monoisotopic (exact) mass is 424 g/mol. The van der Waals surface area contributed by atoms with E-state index in [4.69, 9.17) is 9.47 Å². The summed E-state index contributed by atoms with van der Waals surface area (Å²) in [6.45, 7) is 15.3. The Labute approximate surface area is 186 Å². The summed E-state index contributed by atoms with van der Waals surface area (Å²) in [7, 11) is 0. The van der Waals surface area contributed by atoms with Crippen molar-refractivity contribution in [2.24, 2.45) is 5.92 Å². The van der Waals surface area contributed by atoms with Crippen molar-refractivity contribution in [3.63, 3.8) is 0 Å². The average Bonchev–Trinajstić information content (AvgIpc) is 2.69. The van der Waals surface area contributed by atoms with Crippen LogP contribution in [0.15, 0.2) is 66.9 Å². The van der Waals surface area contributed by atoms with Gasteiger partial charge in [0.2, 0.25) is 0 Å². The van der Waals surface area contributed by atoms with Gasteiger partial charge in [-0.15, -0.1) is 0 Å². The van der Waals surface area contributed by atoms with Gasteiger partial charge >= 0.3 is 6.09 Å². The lowest BCUT2D eigenvalue weighted by atomic mass is 10.0. The van der Waals surface area contributed by atoms with Crippen molar-refractivity contribution in [2.75, 3.05) is 11.9 Å². The van der Waals surface area contributed by atoms with Crippen LogP contribution in [0.4, 0.5) is 10.5 Å². The maximum atomic E-state index is 11.9. The van der Waals surface area contributed by atoms with Crippen LogP contribution in [0.2, 0.25) is 0 Å². The van der Waals surface area contributed by atoms with Crippen molar-refractivity contribution in [1.29, 1.82) is 0 Å². The molecule has 1 atom stereocenters. The highest BCUT2D eigenvalue weighted by atomic mass is 16.6. The fourth-order valence-electron chi connectivity index (χ4n) is 3.11. The molecule has 0 aliphatic rings. The Hall–Kier alpha value is -2.79. The molecule has 0 saturated carbocycles. The Bertz CT molecular complexity index is 824. The highest BCUT2D eigenvalue weighted by Crippen LogP contribution is 2.16. The molecule has 0 fully saturated rings. The van der Waals surface area contributed by atoms with Crippen LogP contribution in [-0.2, 0) is 22.5 Å². The van der Waals surface area contributed by atoms with Crippen molar-refractivity contribution in [3.8, 4) is 0 Å². The van der Waals surface area contributed by atoms with Gasteiger partial charge in [0.05, 0.1) is 6.04 Å². The van der Waals surface area contributed by atoms with Crippen LogP contribution in [0.25, 0.3) is 0 Å². The van der Waals surface area contributed by atoms with Crippen LogP contribution in [-0.4, -0.2) is 24.3 Å². The second-order valence-corrected chi connectivity index (χ2v) is 8.99. The molecule has 0 radical (unpaired) electrons. The standard InChI is InChI=1S/C26H36N2O3/c1-19(2)24(20(3)30-18-22-10-8-7-9-11-22)27-17-16-21-12-14-23(15-13-21)28-25(29)31-26(4,5)6/h7-15,19,24,27H,3,16-18H2,1-2,4-6H3,(H,28,29). The fraction of sp³-hybridized carbons (Fsp3) is 0.423. The van der Waals surface area contributed by atoms with Crippen molar-refractivity contribution < 1.29 is 14.3 Å². The van der Waals surface area contributed by atoms with E-state index in [1.165, 1.54) is 5.56 Å². The molecule has 2 N–H and O–H groups in total. The predicted octanol–water partition coefficient (Wildman–Crippen LogP) is 5.92. The largest absolute Gasteiger partial charge is 0.492 e. The predicted molar refractivity (Wildman–Crippen MR) is 127 cm³/mol. The van der Waals surface area contributed by atoms with E-state index in [1.807, 2.05) is 75.4 Å². The summed E-state index contributed by atoms with van der Waals surface area (Å²) in [6, 6.07) is 18.0. The molecule has 1 amide bonds. The first-order chi connectivity index (χ1) is 14.6. The molecular formula is C26H36N2O3. The summed E-state index contributed by atoms with van der Waals surface area (Å²) in [4.78, 5) is 11.9. The molecule has 0 aromatic heterocycles. The lowest BCUT2D eigenvalue weighted by Crippen LogP contribution is -2.37. The molecule has 2 aromatic carbocycles. The summed E-state index contributed by atoms with van der Waals surface area (Å²) in [5.74, 6) is 1.12. The molecule has 5 nitrogen and oxygen atoms in total. The lowest BCUT2D eigenvalue weighted by Gasteiger charge is -2.25. The number of rotatable bonds is 10. The molecule has 0 spiro atoms. The number of carbonyl (C=O) groups excluding carboxylic acids is 1. The van der Waals surface area contributed by atoms with Crippen molar-refractivity contribution in [1.82, 2.24) is 5.32 Å². The Morgan fingerprint density at radius 3 is 2.23 bits per heavy atom. The minimum absolute atomic E-state index is 0.0804. The zero-order chi connectivity index (χ0) is 22.9. The second kappa shape index (κ2) is 11.6. The van der Waals surface area contributed by atoms with E-state index in [9.17, 15) is 4.79 Å². The van der Waals surface area contributed by atoms with E-state index in [-0.39, 0.29) is 6.04 Å². The van der Waals surface area contributed by atoms with Gasteiger partial charge in [-0.25, -0.2) is 4.79 Å². The van der Waals surface area contributed by atoms with Crippen LogP contribution in [0.5, 0.6) is 0 Å². The van der Waals surface area contributed by atoms with Crippen LogP contribution < -0.4 is 10.6 Å². The molecular weight excluding hydrogens is 388 g/mol. The van der Waals surface area contributed by atoms with Crippen LogP contribution >= 0.6 is 0 Å². The highest BCUT2D eigenvalue weighted by Gasteiger charge is 2.18. The zero-order valence-corrected chi connectivity index (χ0v) is 19.4. The van der Waals surface area contributed by atoms with Crippen LogP contribution in [0.3, 0.4) is 0 Å². The molecule has 0 bridgehead atoms. The number of amides is 1. The molecule has 2 aromatic rings. The van der Waals surface area contributed by atoms with E-state index in [0.29, 0.717) is 18.2 Å². The van der Waals surface area contributed by atoms with Gasteiger partial charge in [0.25, 0.3) is 0 Å². The van der Waals surface area contributed by atoms with Gasteiger partial charge in [-0.2, -0.15) is 0 Å². The summed E-state index contributed by atoms with van der Waals surface area (Å²) in [6.07, 6.45) is 0.415. The van der Waals surface area contributed by atoms with Crippen LogP contribution in [0.1, 0.15) is 45.7 Å². The third-order valence-electron chi connectivity index (χ3n) is 4.66. The first-order valence-electron chi connectivity index (χ1n) is 10.8. The van der Waals surface area contributed by atoms with Gasteiger partial charge in [-0.1, -0.05) is 62.9 Å². The smallest absolute Gasteiger partial charge is 0.412 e.